The third-order valence-corrected chi connectivity index (χ3v) is 7.70. The number of amides is 2. The van der Waals surface area contributed by atoms with Gasteiger partial charge in [-0.3, -0.25) is 9.88 Å². The first-order valence-electron chi connectivity index (χ1n) is 12.5. The number of rotatable bonds is 7. The van der Waals surface area contributed by atoms with Crippen LogP contribution in [0.2, 0.25) is 0 Å². The molecule has 5 heterocycles. The number of anilines is 1. The Hall–Kier alpha value is -2.68. The number of urea groups is 1. The number of aliphatic hydroxyl groups excluding tert-OH is 1. The van der Waals surface area contributed by atoms with Crippen molar-refractivity contribution in [2.75, 3.05) is 50.8 Å². The minimum Gasteiger partial charge on any atom is -0.390 e. The van der Waals surface area contributed by atoms with Crippen molar-refractivity contribution in [2.24, 2.45) is 0 Å². The van der Waals surface area contributed by atoms with Gasteiger partial charge < -0.3 is 24.5 Å². The van der Waals surface area contributed by atoms with E-state index in [0.29, 0.717) is 44.8 Å². The van der Waals surface area contributed by atoms with E-state index in [-0.39, 0.29) is 6.03 Å². The van der Waals surface area contributed by atoms with Crippen molar-refractivity contribution in [2.45, 2.75) is 44.1 Å². The van der Waals surface area contributed by atoms with Crippen molar-refractivity contribution < 1.29 is 14.6 Å². The number of carbonyl (C=O) groups is 1. The number of fused-ring (bicyclic) bond motifs is 3. The smallest absolute Gasteiger partial charge is 0.320 e. The predicted molar refractivity (Wildman–Crippen MR) is 129 cm³/mol. The van der Waals surface area contributed by atoms with Crippen LogP contribution in [-0.4, -0.2) is 94.9 Å². The average molecular weight is 464 g/mol. The van der Waals surface area contributed by atoms with Gasteiger partial charge in [-0.05, 0) is 36.1 Å². The van der Waals surface area contributed by atoms with Gasteiger partial charge in [-0.15, -0.1) is 0 Å². The molecule has 2 amide bonds. The van der Waals surface area contributed by atoms with Crippen LogP contribution in [0.4, 0.5) is 10.5 Å². The summed E-state index contributed by atoms with van der Waals surface area (Å²) in [6.07, 6.45) is 3.60. The second-order valence-corrected chi connectivity index (χ2v) is 10.1. The summed E-state index contributed by atoms with van der Waals surface area (Å²) in [5.74, 6) is 0. The number of β-amino-alcohol motifs (C(OH)–C–C–N with tert-alkyl or cyclic N) is 1. The van der Waals surface area contributed by atoms with E-state index < -0.39 is 6.10 Å². The van der Waals surface area contributed by atoms with E-state index in [1.165, 1.54) is 17.5 Å². The Balaban J connectivity index is 0.993. The maximum Gasteiger partial charge on any atom is 0.320 e. The Morgan fingerprint density at radius 1 is 1.00 bits per heavy atom. The highest BCUT2D eigenvalue weighted by Gasteiger charge is 2.42. The van der Waals surface area contributed by atoms with E-state index in [0.717, 1.165) is 44.1 Å². The molecule has 1 aromatic carbocycles. The predicted octanol–water partition coefficient (Wildman–Crippen LogP) is 1.72. The van der Waals surface area contributed by atoms with E-state index in [1.807, 2.05) is 17.2 Å². The number of ether oxygens (including phenoxy) is 1. The Labute approximate surface area is 200 Å². The van der Waals surface area contributed by atoms with Gasteiger partial charge >= 0.3 is 6.03 Å². The quantitative estimate of drug-likeness (QED) is 0.674. The number of carbonyl (C=O) groups excluding carboxylic acids is 1. The summed E-state index contributed by atoms with van der Waals surface area (Å²) in [6, 6.07) is 13.6. The van der Waals surface area contributed by atoms with Crippen LogP contribution < -0.4 is 4.90 Å². The van der Waals surface area contributed by atoms with Crippen LogP contribution in [0.1, 0.15) is 23.2 Å². The molecular formula is C26H33N5O3. The number of aliphatic hydroxyl groups is 1. The maximum atomic E-state index is 12.9. The molecule has 0 spiro atoms. The van der Waals surface area contributed by atoms with Gasteiger partial charge in [-0.1, -0.05) is 24.3 Å². The number of nitrogens with zero attached hydrogens (tertiary/aromatic N) is 5. The van der Waals surface area contributed by atoms with Crippen LogP contribution in [0.15, 0.2) is 42.6 Å². The van der Waals surface area contributed by atoms with Crippen molar-refractivity contribution in [3.63, 3.8) is 0 Å². The zero-order chi connectivity index (χ0) is 23.1. The molecular weight excluding hydrogens is 430 g/mol. The third kappa shape index (κ3) is 4.26. The molecule has 2 unspecified atom stereocenters. The average Bonchev–Trinajstić information content (AvgIpc) is 3.19. The third-order valence-electron chi connectivity index (χ3n) is 7.70. The highest BCUT2D eigenvalue weighted by Crippen LogP contribution is 2.35. The van der Waals surface area contributed by atoms with Crippen LogP contribution in [0, 0.1) is 0 Å². The van der Waals surface area contributed by atoms with E-state index >= 15 is 0 Å². The molecule has 34 heavy (non-hydrogen) atoms. The Kier molecular flexibility index (Phi) is 5.89. The minimum absolute atomic E-state index is 0.0108. The Bertz CT molecular complexity index is 1020. The molecule has 0 radical (unpaired) electrons. The number of morpholine rings is 1. The van der Waals surface area contributed by atoms with E-state index in [4.69, 9.17) is 4.74 Å². The van der Waals surface area contributed by atoms with E-state index in [2.05, 4.69) is 45.1 Å². The Morgan fingerprint density at radius 3 is 2.56 bits per heavy atom. The molecule has 0 saturated carbocycles. The molecule has 8 heteroatoms. The van der Waals surface area contributed by atoms with Gasteiger partial charge in [0, 0.05) is 39.3 Å². The van der Waals surface area contributed by atoms with Crippen LogP contribution in [-0.2, 0) is 24.2 Å². The molecule has 3 fully saturated rings. The van der Waals surface area contributed by atoms with Gasteiger partial charge in [0.25, 0.3) is 0 Å². The topological polar surface area (TPSA) is 72.4 Å². The summed E-state index contributed by atoms with van der Waals surface area (Å²) < 4.78 is 5.57. The van der Waals surface area contributed by atoms with E-state index in [9.17, 15) is 9.90 Å². The zero-order valence-electron chi connectivity index (χ0n) is 19.6. The fourth-order valence-corrected chi connectivity index (χ4v) is 5.89. The fraction of sp³-hybridized carbons (Fsp3) is 0.538. The lowest BCUT2D eigenvalue weighted by Crippen LogP contribution is -2.64. The lowest BCUT2D eigenvalue weighted by atomic mass is 9.91. The summed E-state index contributed by atoms with van der Waals surface area (Å²) in [5.41, 5.74) is 4.79. The molecule has 6 rings (SSSR count). The molecule has 4 aliphatic rings. The van der Waals surface area contributed by atoms with Gasteiger partial charge in [0.15, 0.2) is 0 Å². The van der Waals surface area contributed by atoms with Gasteiger partial charge in [0.2, 0.25) is 0 Å². The largest absolute Gasteiger partial charge is 0.390 e. The molecule has 1 aromatic heterocycles. The first-order valence-corrected chi connectivity index (χ1v) is 12.5. The standard InChI is InChI=1S/C26H33N5O3/c32-25(15-28-8-7-19-3-1-2-4-20(19)13-28)16-30-10-9-29(26(30)33)14-21-5-6-22(12-27-21)31-23-11-24(31)18-34-17-23/h1-6,12,23-25,32H,7-11,13-18H2/t23?,24?,25-/m1/s1. The highest BCUT2D eigenvalue weighted by atomic mass is 16.5. The van der Waals surface area contributed by atoms with Gasteiger partial charge in [-0.2, -0.15) is 0 Å². The Morgan fingerprint density at radius 2 is 1.79 bits per heavy atom. The lowest BCUT2D eigenvalue weighted by Gasteiger charge is -2.53. The maximum absolute atomic E-state index is 12.9. The monoisotopic (exact) mass is 463 g/mol. The first kappa shape index (κ1) is 21.8. The highest BCUT2D eigenvalue weighted by molar-refractivity contribution is 5.76. The molecule has 2 aromatic rings. The lowest BCUT2D eigenvalue weighted by molar-refractivity contribution is 0.0102. The number of pyridine rings is 1. The van der Waals surface area contributed by atoms with Crippen LogP contribution >= 0.6 is 0 Å². The van der Waals surface area contributed by atoms with Gasteiger partial charge in [0.1, 0.15) is 0 Å². The molecule has 3 saturated heterocycles. The summed E-state index contributed by atoms with van der Waals surface area (Å²) in [6.45, 7) is 6.19. The molecule has 1 N–H and O–H groups in total. The SMILES string of the molecule is O=C1N(Cc2ccc(N3C4COCC3C4)cn2)CCN1C[C@H](O)CN1CCc2ccccc2C1. The molecule has 3 atom stereocenters. The summed E-state index contributed by atoms with van der Waals surface area (Å²) >= 11 is 0. The van der Waals surface area contributed by atoms with Crippen LogP contribution in [0.5, 0.6) is 0 Å². The van der Waals surface area contributed by atoms with Gasteiger partial charge in [0.05, 0.1) is 55.5 Å². The van der Waals surface area contributed by atoms with Crippen molar-refractivity contribution in [3.05, 3.63) is 59.4 Å². The molecule has 4 aliphatic heterocycles. The molecule has 0 aliphatic carbocycles. The van der Waals surface area contributed by atoms with Crippen molar-refractivity contribution in [3.8, 4) is 0 Å². The minimum atomic E-state index is -0.550. The van der Waals surface area contributed by atoms with Gasteiger partial charge in [-0.25, -0.2) is 4.79 Å². The second-order valence-electron chi connectivity index (χ2n) is 10.1. The number of aromatic nitrogens is 1. The van der Waals surface area contributed by atoms with Crippen LogP contribution in [0.25, 0.3) is 0 Å². The summed E-state index contributed by atoms with van der Waals surface area (Å²) in [5, 5.41) is 10.7. The zero-order valence-corrected chi connectivity index (χ0v) is 19.6. The van der Waals surface area contributed by atoms with Crippen molar-refractivity contribution in [1.29, 1.82) is 0 Å². The number of benzene rings is 1. The second kappa shape index (κ2) is 9.17. The van der Waals surface area contributed by atoms with Crippen molar-refractivity contribution in [1.82, 2.24) is 19.7 Å². The van der Waals surface area contributed by atoms with Crippen LogP contribution in [0.3, 0.4) is 0 Å². The fourth-order valence-electron chi connectivity index (χ4n) is 5.89. The summed E-state index contributed by atoms with van der Waals surface area (Å²) in [7, 11) is 0. The number of hydrogen-bond donors (Lipinski definition) is 1. The van der Waals surface area contributed by atoms with Crippen molar-refractivity contribution >= 4 is 11.7 Å². The summed E-state index contributed by atoms with van der Waals surface area (Å²) in [4.78, 5) is 25.9. The number of hydrogen-bond acceptors (Lipinski definition) is 6. The molecule has 8 nitrogen and oxygen atoms in total. The molecule has 180 valence electrons. The molecule has 2 bridgehead atoms. The normalized spacial score (nSPS) is 25.3. The van der Waals surface area contributed by atoms with E-state index in [1.54, 1.807) is 4.90 Å². The first-order chi connectivity index (χ1) is 16.6.